The van der Waals surface area contributed by atoms with Gasteiger partial charge in [0.1, 0.15) is 5.75 Å². The third kappa shape index (κ3) is 1.59. The monoisotopic (exact) mass is 274 g/mol. The Balaban J connectivity index is 1.90. The van der Waals surface area contributed by atoms with Crippen LogP contribution in [0.25, 0.3) is 0 Å². The standard InChI is InChI=1S/C16H20NO3/c18-11-2-1-10-7-15-13-4-3-12(19)9-16(13,14(10)8-11)5-6-17(15)20/h1-2,8,12-13,15,18-19H,3-7,9H2/q-1/t12-,13-,15+,16-/m0/s1. The maximum absolute atomic E-state index is 12.2. The van der Waals surface area contributed by atoms with Gasteiger partial charge < -0.3 is 20.5 Å². The van der Waals surface area contributed by atoms with E-state index in [1.54, 1.807) is 6.07 Å². The number of hydrogen-bond acceptors (Lipinski definition) is 4. The smallest absolute Gasteiger partial charge is 0.115 e. The summed E-state index contributed by atoms with van der Waals surface area (Å²) in [4.78, 5) is 0. The molecule has 4 atom stereocenters. The van der Waals surface area contributed by atoms with Crippen molar-refractivity contribution in [2.45, 2.75) is 49.7 Å². The molecule has 1 saturated heterocycles. The molecule has 108 valence electrons. The van der Waals surface area contributed by atoms with E-state index >= 15 is 0 Å². The predicted molar refractivity (Wildman–Crippen MR) is 75.3 cm³/mol. The van der Waals surface area contributed by atoms with E-state index in [2.05, 4.69) is 0 Å². The first kappa shape index (κ1) is 12.6. The van der Waals surface area contributed by atoms with Crippen LogP contribution >= 0.6 is 0 Å². The topological polar surface area (TPSA) is 66.8 Å². The summed E-state index contributed by atoms with van der Waals surface area (Å²) in [5, 5.41) is 33.5. The summed E-state index contributed by atoms with van der Waals surface area (Å²) in [7, 11) is 0. The van der Waals surface area contributed by atoms with Crippen molar-refractivity contribution in [3.05, 3.63) is 34.5 Å². The normalized spacial score (nSPS) is 40.0. The number of phenolic OH excluding ortho intramolecular Hbond substituents is 1. The summed E-state index contributed by atoms with van der Waals surface area (Å²) in [5.74, 6) is 0.617. The van der Waals surface area contributed by atoms with Crippen molar-refractivity contribution in [2.24, 2.45) is 5.92 Å². The van der Waals surface area contributed by atoms with Gasteiger partial charge in [0.2, 0.25) is 0 Å². The Kier molecular flexibility index (Phi) is 2.65. The minimum absolute atomic E-state index is 0.0493. The number of piperidine rings is 1. The van der Waals surface area contributed by atoms with Gasteiger partial charge in [0.25, 0.3) is 0 Å². The SMILES string of the molecule is [O-]N1CC[C@]23C[C@@H](O)CC[C@H]2[C@H]1Cc1ccc(O)cc13. The third-order valence-electron chi connectivity index (χ3n) is 5.79. The van der Waals surface area contributed by atoms with E-state index < -0.39 is 0 Å². The molecule has 2 fully saturated rings. The summed E-state index contributed by atoms with van der Waals surface area (Å²) in [6.07, 6.45) is 3.74. The Morgan fingerprint density at radius 2 is 2.15 bits per heavy atom. The lowest BCUT2D eigenvalue weighted by Gasteiger charge is -2.61. The molecular weight excluding hydrogens is 254 g/mol. The number of nitrogens with zero attached hydrogens (tertiary/aromatic N) is 1. The lowest BCUT2D eigenvalue weighted by molar-refractivity contribution is -0.0324. The Morgan fingerprint density at radius 1 is 1.30 bits per heavy atom. The molecule has 0 aromatic heterocycles. The molecule has 1 aromatic rings. The van der Waals surface area contributed by atoms with Gasteiger partial charge in [0.15, 0.2) is 0 Å². The number of hydroxylamine groups is 2. The number of aromatic hydroxyl groups is 1. The van der Waals surface area contributed by atoms with E-state index in [9.17, 15) is 15.4 Å². The van der Waals surface area contributed by atoms with Gasteiger partial charge in [-0.25, -0.2) is 0 Å². The molecule has 2 bridgehead atoms. The molecule has 0 unspecified atom stereocenters. The van der Waals surface area contributed by atoms with Crippen LogP contribution in [0.5, 0.6) is 5.75 Å². The van der Waals surface area contributed by atoms with E-state index in [1.165, 1.54) is 16.2 Å². The van der Waals surface area contributed by atoms with Crippen LogP contribution in [-0.4, -0.2) is 34.0 Å². The van der Waals surface area contributed by atoms with E-state index in [1.807, 2.05) is 12.1 Å². The first-order chi connectivity index (χ1) is 9.60. The molecule has 1 aromatic carbocycles. The molecule has 4 rings (SSSR count). The van der Waals surface area contributed by atoms with Crippen LogP contribution in [-0.2, 0) is 11.8 Å². The summed E-state index contributed by atoms with van der Waals surface area (Å²) >= 11 is 0. The molecule has 20 heavy (non-hydrogen) atoms. The molecule has 2 N–H and O–H groups in total. The van der Waals surface area contributed by atoms with Crippen molar-refractivity contribution < 1.29 is 10.2 Å². The Bertz CT molecular complexity index is 547. The number of rotatable bonds is 0. The average molecular weight is 274 g/mol. The van der Waals surface area contributed by atoms with Crippen molar-refractivity contribution in [2.75, 3.05) is 6.54 Å². The second kappa shape index (κ2) is 4.20. The highest BCUT2D eigenvalue weighted by Gasteiger charge is 2.53. The Morgan fingerprint density at radius 3 is 3.00 bits per heavy atom. The Labute approximate surface area is 118 Å². The van der Waals surface area contributed by atoms with Gasteiger partial charge in [-0.3, -0.25) is 0 Å². The van der Waals surface area contributed by atoms with Gasteiger partial charge in [0, 0.05) is 11.5 Å². The second-order valence-electron chi connectivity index (χ2n) is 6.70. The molecule has 2 aliphatic carbocycles. The maximum atomic E-state index is 12.2. The van der Waals surface area contributed by atoms with Crippen LogP contribution in [0, 0.1) is 11.1 Å². The molecule has 1 heterocycles. The van der Waals surface area contributed by atoms with Crippen molar-refractivity contribution in [3.63, 3.8) is 0 Å². The lowest BCUT2D eigenvalue weighted by atomic mass is 9.52. The molecule has 0 radical (unpaired) electrons. The van der Waals surface area contributed by atoms with Gasteiger partial charge >= 0.3 is 0 Å². The minimum Gasteiger partial charge on any atom is -0.785 e. The van der Waals surface area contributed by atoms with Crippen LogP contribution in [0.4, 0.5) is 0 Å². The summed E-state index contributed by atoms with van der Waals surface area (Å²) < 4.78 is 0. The first-order valence-electron chi connectivity index (χ1n) is 7.54. The lowest BCUT2D eigenvalue weighted by Crippen LogP contribution is -2.60. The predicted octanol–water partition coefficient (Wildman–Crippen LogP) is 1.92. The highest BCUT2D eigenvalue weighted by Crippen LogP contribution is 2.55. The molecule has 4 nitrogen and oxygen atoms in total. The zero-order chi connectivity index (χ0) is 13.9. The second-order valence-corrected chi connectivity index (χ2v) is 6.70. The number of aliphatic hydroxyl groups excluding tert-OH is 1. The van der Waals surface area contributed by atoms with Crippen molar-refractivity contribution in [3.8, 4) is 5.75 Å². The average Bonchev–Trinajstić information content (AvgIpc) is 2.43. The zero-order valence-electron chi connectivity index (χ0n) is 11.5. The van der Waals surface area contributed by atoms with Gasteiger partial charge in [-0.15, -0.1) is 0 Å². The first-order valence-corrected chi connectivity index (χ1v) is 7.54. The zero-order valence-corrected chi connectivity index (χ0v) is 11.5. The fourth-order valence-corrected chi connectivity index (χ4v) is 4.97. The highest BCUT2D eigenvalue weighted by molar-refractivity contribution is 5.45. The summed E-state index contributed by atoms with van der Waals surface area (Å²) in [6.45, 7) is 0.545. The van der Waals surface area contributed by atoms with Crippen LogP contribution < -0.4 is 0 Å². The number of hydrogen-bond donors (Lipinski definition) is 2. The van der Waals surface area contributed by atoms with E-state index in [-0.39, 0.29) is 17.6 Å². The molecule has 1 aliphatic heterocycles. The molecule has 1 saturated carbocycles. The van der Waals surface area contributed by atoms with Gasteiger partial charge in [-0.1, -0.05) is 6.07 Å². The number of aliphatic hydroxyl groups is 1. The fraction of sp³-hybridized carbons (Fsp3) is 0.625. The third-order valence-corrected chi connectivity index (χ3v) is 5.79. The van der Waals surface area contributed by atoms with E-state index in [0.29, 0.717) is 18.2 Å². The minimum atomic E-state index is -0.279. The van der Waals surface area contributed by atoms with Crippen molar-refractivity contribution in [1.29, 1.82) is 0 Å². The molecule has 0 amide bonds. The van der Waals surface area contributed by atoms with E-state index in [4.69, 9.17) is 0 Å². The molecular formula is C16H20NO3-. The molecule has 4 heteroatoms. The quantitative estimate of drug-likeness (QED) is 0.758. The van der Waals surface area contributed by atoms with Gasteiger partial charge in [-0.2, -0.15) is 0 Å². The van der Waals surface area contributed by atoms with E-state index in [0.717, 1.165) is 32.1 Å². The van der Waals surface area contributed by atoms with Crippen LogP contribution in [0.2, 0.25) is 0 Å². The summed E-state index contributed by atoms with van der Waals surface area (Å²) in [5.41, 5.74) is 2.26. The molecule has 0 spiro atoms. The van der Waals surface area contributed by atoms with Crippen molar-refractivity contribution >= 4 is 0 Å². The fourth-order valence-electron chi connectivity index (χ4n) is 4.97. The number of fused-ring (bicyclic) bond motifs is 1. The largest absolute Gasteiger partial charge is 0.785 e. The van der Waals surface area contributed by atoms with Crippen LogP contribution in [0.15, 0.2) is 18.2 Å². The van der Waals surface area contributed by atoms with Gasteiger partial charge in [-0.05, 0) is 67.8 Å². The van der Waals surface area contributed by atoms with Crippen LogP contribution in [0.1, 0.15) is 36.8 Å². The Hall–Kier alpha value is -1.10. The number of benzene rings is 1. The summed E-state index contributed by atoms with van der Waals surface area (Å²) in [6, 6.07) is 5.58. The highest BCUT2D eigenvalue weighted by atomic mass is 16.5. The maximum Gasteiger partial charge on any atom is 0.115 e. The van der Waals surface area contributed by atoms with Gasteiger partial charge in [0.05, 0.1) is 6.10 Å². The number of phenols is 1. The van der Waals surface area contributed by atoms with Crippen molar-refractivity contribution in [1.82, 2.24) is 5.06 Å². The van der Waals surface area contributed by atoms with Crippen LogP contribution in [0.3, 0.4) is 0 Å². The molecule has 3 aliphatic rings.